The van der Waals surface area contributed by atoms with Crippen molar-refractivity contribution in [2.45, 2.75) is 26.4 Å². The number of phenolic OH excluding ortho intramolecular Hbond substituents is 1. The van der Waals surface area contributed by atoms with E-state index in [9.17, 15) is 14.7 Å². The quantitative estimate of drug-likeness (QED) is 0.721. The molecule has 0 aromatic heterocycles. The molecule has 0 fully saturated rings. The summed E-state index contributed by atoms with van der Waals surface area (Å²) in [4.78, 5) is 26.8. The molecule has 3 rings (SSSR count). The van der Waals surface area contributed by atoms with Gasteiger partial charge < -0.3 is 20.6 Å². The SMILES string of the molecule is CC(C)[C@H]1Nc2ccccc2C(=O)N1CCC(=O)Nc1ccccc1O. The van der Waals surface area contributed by atoms with Crippen LogP contribution in [-0.4, -0.2) is 34.5 Å². The van der Waals surface area contributed by atoms with E-state index in [-0.39, 0.29) is 36.1 Å². The molecule has 0 bridgehead atoms. The lowest BCUT2D eigenvalue weighted by molar-refractivity contribution is -0.116. The second-order valence-electron chi connectivity index (χ2n) is 6.69. The molecule has 6 nitrogen and oxygen atoms in total. The van der Waals surface area contributed by atoms with Crippen molar-refractivity contribution < 1.29 is 14.7 Å². The van der Waals surface area contributed by atoms with Gasteiger partial charge in [0.1, 0.15) is 11.9 Å². The molecule has 1 atom stereocenters. The van der Waals surface area contributed by atoms with Gasteiger partial charge in [0.15, 0.2) is 0 Å². The fourth-order valence-corrected chi connectivity index (χ4v) is 3.09. The van der Waals surface area contributed by atoms with Crippen LogP contribution >= 0.6 is 0 Å². The number of aromatic hydroxyl groups is 1. The maximum Gasteiger partial charge on any atom is 0.257 e. The zero-order chi connectivity index (χ0) is 18.7. The van der Waals surface area contributed by atoms with Crippen LogP contribution in [0.3, 0.4) is 0 Å². The topological polar surface area (TPSA) is 81.7 Å². The highest BCUT2D eigenvalue weighted by atomic mass is 16.3. The Hall–Kier alpha value is -3.02. The first-order valence-corrected chi connectivity index (χ1v) is 8.71. The Labute approximate surface area is 152 Å². The molecule has 0 saturated heterocycles. The average molecular weight is 353 g/mol. The van der Waals surface area contributed by atoms with Gasteiger partial charge in [-0.05, 0) is 30.2 Å². The summed E-state index contributed by atoms with van der Waals surface area (Å²) in [6, 6.07) is 14.0. The molecule has 1 aliphatic heterocycles. The summed E-state index contributed by atoms with van der Waals surface area (Å²) in [6.07, 6.45) is -0.0250. The number of phenols is 1. The minimum Gasteiger partial charge on any atom is -0.506 e. The fourth-order valence-electron chi connectivity index (χ4n) is 3.09. The van der Waals surface area contributed by atoms with Crippen molar-refractivity contribution in [3.05, 3.63) is 54.1 Å². The summed E-state index contributed by atoms with van der Waals surface area (Å²) < 4.78 is 0. The van der Waals surface area contributed by atoms with Crippen LogP contribution < -0.4 is 10.6 Å². The predicted molar refractivity (Wildman–Crippen MR) is 101 cm³/mol. The molecule has 136 valence electrons. The summed E-state index contributed by atoms with van der Waals surface area (Å²) in [5, 5.41) is 15.8. The predicted octanol–water partition coefficient (Wildman–Crippen LogP) is 3.27. The molecule has 26 heavy (non-hydrogen) atoms. The number of hydrogen-bond acceptors (Lipinski definition) is 4. The van der Waals surface area contributed by atoms with Crippen LogP contribution in [0.5, 0.6) is 5.75 Å². The number of carbonyl (C=O) groups is 2. The first-order valence-electron chi connectivity index (χ1n) is 8.71. The molecule has 0 radical (unpaired) electrons. The molecule has 1 heterocycles. The van der Waals surface area contributed by atoms with Crippen molar-refractivity contribution in [2.24, 2.45) is 5.92 Å². The molecule has 2 aromatic rings. The van der Waals surface area contributed by atoms with E-state index >= 15 is 0 Å². The summed E-state index contributed by atoms with van der Waals surface area (Å²) in [5.41, 5.74) is 1.81. The van der Waals surface area contributed by atoms with Gasteiger partial charge in [-0.2, -0.15) is 0 Å². The number of hydrogen-bond donors (Lipinski definition) is 3. The Morgan fingerprint density at radius 3 is 2.62 bits per heavy atom. The maximum absolute atomic E-state index is 12.9. The van der Waals surface area contributed by atoms with Crippen LogP contribution in [0.15, 0.2) is 48.5 Å². The molecule has 2 amide bonds. The van der Waals surface area contributed by atoms with Crippen LogP contribution in [0.1, 0.15) is 30.6 Å². The molecular formula is C20H23N3O3. The number of nitrogens with zero attached hydrogens (tertiary/aromatic N) is 1. The van der Waals surface area contributed by atoms with Crippen molar-refractivity contribution in [1.29, 1.82) is 0 Å². The third-order valence-corrected chi connectivity index (χ3v) is 4.45. The number of amides is 2. The summed E-state index contributed by atoms with van der Waals surface area (Å²) in [7, 11) is 0. The van der Waals surface area contributed by atoms with Gasteiger partial charge in [-0.3, -0.25) is 9.59 Å². The van der Waals surface area contributed by atoms with Crippen molar-refractivity contribution in [1.82, 2.24) is 4.90 Å². The summed E-state index contributed by atoms with van der Waals surface area (Å²) >= 11 is 0. The average Bonchev–Trinajstić information content (AvgIpc) is 2.62. The van der Waals surface area contributed by atoms with E-state index in [1.165, 1.54) is 6.07 Å². The van der Waals surface area contributed by atoms with Gasteiger partial charge in [-0.15, -0.1) is 0 Å². The lowest BCUT2D eigenvalue weighted by atomic mass is 10.0. The Balaban J connectivity index is 1.70. The van der Waals surface area contributed by atoms with E-state index in [2.05, 4.69) is 10.6 Å². The highest BCUT2D eigenvalue weighted by Gasteiger charge is 2.33. The van der Waals surface area contributed by atoms with Gasteiger partial charge in [0.05, 0.1) is 11.3 Å². The lowest BCUT2D eigenvalue weighted by Crippen LogP contribution is -2.52. The highest BCUT2D eigenvalue weighted by Crippen LogP contribution is 2.28. The van der Waals surface area contributed by atoms with Crippen molar-refractivity contribution in [2.75, 3.05) is 17.2 Å². The van der Waals surface area contributed by atoms with Crippen molar-refractivity contribution in [3.8, 4) is 5.75 Å². The largest absolute Gasteiger partial charge is 0.506 e. The number of anilines is 2. The molecule has 6 heteroatoms. The first-order chi connectivity index (χ1) is 12.5. The number of benzene rings is 2. The van der Waals surface area contributed by atoms with Crippen LogP contribution in [0.2, 0.25) is 0 Å². The van der Waals surface area contributed by atoms with E-state index in [4.69, 9.17) is 0 Å². The number of carbonyl (C=O) groups excluding carboxylic acids is 2. The Morgan fingerprint density at radius 1 is 1.19 bits per heavy atom. The Kier molecular flexibility index (Phi) is 5.11. The van der Waals surface area contributed by atoms with Gasteiger partial charge in [0, 0.05) is 18.7 Å². The molecule has 0 aliphatic carbocycles. The van der Waals surface area contributed by atoms with E-state index in [1.807, 2.05) is 32.0 Å². The second-order valence-corrected chi connectivity index (χ2v) is 6.69. The van der Waals surface area contributed by atoms with E-state index in [0.717, 1.165) is 5.69 Å². The normalized spacial score (nSPS) is 16.2. The van der Waals surface area contributed by atoms with Crippen molar-refractivity contribution in [3.63, 3.8) is 0 Å². The van der Waals surface area contributed by atoms with Gasteiger partial charge in [0.25, 0.3) is 5.91 Å². The molecular weight excluding hydrogens is 330 g/mol. The van der Waals surface area contributed by atoms with Gasteiger partial charge >= 0.3 is 0 Å². The monoisotopic (exact) mass is 353 g/mol. The van der Waals surface area contributed by atoms with E-state index in [0.29, 0.717) is 17.8 Å². The Bertz CT molecular complexity index is 819. The van der Waals surface area contributed by atoms with Gasteiger partial charge in [-0.25, -0.2) is 0 Å². The molecule has 0 unspecified atom stereocenters. The standard InChI is InChI=1S/C20H23N3O3/c1-13(2)19-22-15-8-4-3-7-14(15)20(26)23(19)12-11-18(25)21-16-9-5-6-10-17(16)24/h3-10,13,19,22,24H,11-12H2,1-2H3,(H,21,25)/t19-/m0/s1. The van der Waals surface area contributed by atoms with E-state index < -0.39 is 0 Å². The lowest BCUT2D eigenvalue weighted by Gasteiger charge is -2.40. The van der Waals surface area contributed by atoms with Gasteiger partial charge in [0.2, 0.25) is 5.91 Å². The minimum absolute atomic E-state index is 0.0190. The number of rotatable bonds is 5. The smallest absolute Gasteiger partial charge is 0.257 e. The highest BCUT2D eigenvalue weighted by molar-refractivity contribution is 6.02. The molecule has 0 spiro atoms. The summed E-state index contributed by atoms with van der Waals surface area (Å²) in [6.45, 7) is 4.37. The molecule has 3 N–H and O–H groups in total. The number of fused-ring (bicyclic) bond motifs is 1. The first kappa shape index (κ1) is 17.8. The third-order valence-electron chi connectivity index (χ3n) is 4.45. The molecule has 1 aliphatic rings. The summed E-state index contributed by atoms with van der Waals surface area (Å²) in [5.74, 6) is -0.117. The molecule has 2 aromatic carbocycles. The van der Waals surface area contributed by atoms with E-state index in [1.54, 1.807) is 29.2 Å². The number of nitrogens with one attached hydrogen (secondary N) is 2. The van der Waals surface area contributed by atoms with Crippen molar-refractivity contribution >= 4 is 23.2 Å². The second kappa shape index (κ2) is 7.47. The minimum atomic E-state index is -0.249. The Morgan fingerprint density at radius 2 is 1.88 bits per heavy atom. The zero-order valence-corrected chi connectivity index (χ0v) is 14.9. The maximum atomic E-state index is 12.9. The third kappa shape index (κ3) is 3.64. The molecule has 0 saturated carbocycles. The zero-order valence-electron chi connectivity index (χ0n) is 14.9. The van der Waals surface area contributed by atoms with Crippen LogP contribution in [0.25, 0.3) is 0 Å². The van der Waals surface area contributed by atoms with Crippen LogP contribution in [0, 0.1) is 5.92 Å². The van der Waals surface area contributed by atoms with Crippen LogP contribution in [0.4, 0.5) is 11.4 Å². The van der Waals surface area contributed by atoms with Crippen LogP contribution in [-0.2, 0) is 4.79 Å². The van der Waals surface area contributed by atoms with Gasteiger partial charge in [-0.1, -0.05) is 38.1 Å². The fraction of sp³-hybridized carbons (Fsp3) is 0.300. The number of para-hydroxylation sites is 3.